The molecule has 0 rings (SSSR count). The fourth-order valence-electron chi connectivity index (χ4n) is 0.449. The van der Waals surface area contributed by atoms with E-state index in [9.17, 15) is 0 Å². The number of rotatable bonds is 4. The highest BCUT2D eigenvalue weighted by Crippen LogP contribution is 1.78. The Balaban J connectivity index is 3.30. The van der Waals surface area contributed by atoms with E-state index in [4.69, 9.17) is 10.5 Å². The van der Waals surface area contributed by atoms with Gasteiger partial charge in [-0.15, -0.1) is 0 Å². The van der Waals surface area contributed by atoms with Crippen molar-refractivity contribution >= 4 is 5.84 Å². The van der Waals surface area contributed by atoms with Crippen molar-refractivity contribution in [3.8, 4) is 0 Å². The Labute approximate surface area is 55.9 Å². The molecule has 0 aromatic heterocycles. The first-order valence-corrected chi connectivity index (χ1v) is 3.09. The van der Waals surface area contributed by atoms with Crippen LogP contribution in [-0.2, 0) is 4.74 Å². The van der Waals surface area contributed by atoms with Crippen LogP contribution in [0.2, 0.25) is 0 Å². The number of nitrogens with two attached hydrogens (primary N) is 1. The minimum atomic E-state index is 0.444. The summed E-state index contributed by atoms with van der Waals surface area (Å²) in [5.41, 5.74) is 5.40. The van der Waals surface area contributed by atoms with Crippen LogP contribution < -0.4 is 5.73 Å². The van der Waals surface area contributed by atoms with Gasteiger partial charge in [0.2, 0.25) is 0 Å². The van der Waals surface area contributed by atoms with Crippen molar-refractivity contribution in [2.45, 2.75) is 13.3 Å². The van der Waals surface area contributed by atoms with Crippen LogP contribution in [0.25, 0.3) is 0 Å². The quantitative estimate of drug-likeness (QED) is 0.442. The molecule has 0 unspecified atom stereocenters. The second-order valence-electron chi connectivity index (χ2n) is 1.81. The van der Waals surface area contributed by atoms with E-state index in [0.717, 1.165) is 13.0 Å². The summed E-state index contributed by atoms with van der Waals surface area (Å²) >= 11 is 0. The highest BCUT2D eigenvalue weighted by Gasteiger charge is 1.86. The van der Waals surface area contributed by atoms with E-state index in [-0.39, 0.29) is 0 Å². The third kappa shape index (κ3) is 5.30. The van der Waals surface area contributed by atoms with Gasteiger partial charge in [-0.1, -0.05) is 6.92 Å². The SMILES string of the molecule is CCCN=C(N)COC. The fourth-order valence-corrected chi connectivity index (χ4v) is 0.449. The third-order valence-electron chi connectivity index (χ3n) is 0.831. The van der Waals surface area contributed by atoms with E-state index >= 15 is 0 Å². The van der Waals surface area contributed by atoms with Gasteiger partial charge in [0.15, 0.2) is 0 Å². The lowest BCUT2D eigenvalue weighted by molar-refractivity contribution is 0.244. The van der Waals surface area contributed by atoms with Crippen LogP contribution in [0.15, 0.2) is 4.99 Å². The monoisotopic (exact) mass is 130 g/mol. The third-order valence-corrected chi connectivity index (χ3v) is 0.831. The Hall–Kier alpha value is -0.570. The second-order valence-corrected chi connectivity index (χ2v) is 1.81. The lowest BCUT2D eigenvalue weighted by atomic mass is 10.5. The number of nitrogens with zero attached hydrogens (tertiary/aromatic N) is 1. The largest absolute Gasteiger partial charge is 0.386 e. The van der Waals surface area contributed by atoms with Gasteiger partial charge in [0.25, 0.3) is 0 Å². The van der Waals surface area contributed by atoms with Crippen LogP contribution in [-0.4, -0.2) is 26.1 Å². The van der Waals surface area contributed by atoms with Gasteiger partial charge in [-0.05, 0) is 6.42 Å². The molecule has 0 aliphatic heterocycles. The molecule has 54 valence electrons. The van der Waals surface area contributed by atoms with E-state index < -0.39 is 0 Å². The van der Waals surface area contributed by atoms with Crippen LogP contribution >= 0.6 is 0 Å². The van der Waals surface area contributed by atoms with E-state index in [2.05, 4.69) is 11.9 Å². The smallest absolute Gasteiger partial charge is 0.120 e. The summed E-state index contributed by atoms with van der Waals surface area (Å²) < 4.78 is 4.74. The maximum Gasteiger partial charge on any atom is 0.120 e. The van der Waals surface area contributed by atoms with Crippen molar-refractivity contribution in [3.05, 3.63) is 0 Å². The van der Waals surface area contributed by atoms with Crippen LogP contribution in [0.4, 0.5) is 0 Å². The van der Waals surface area contributed by atoms with Gasteiger partial charge in [-0.3, -0.25) is 4.99 Å². The number of hydrogen-bond donors (Lipinski definition) is 1. The minimum absolute atomic E-state index is 0.444. The molecule has 0 atom stereocenters. The molecule has 0 aliphatic carbocycles. The maximum absolute atomic E-state index is 5.40. The second kappa shape index (κ2) is 5.56. The molecule has 0 saturated heterocycles. The topological polar surface area (TPSA) is 47.6 Å². The molecule has 0 aliphatic rings. The van der Waals surface area contributed by atoms with Gasteiger partial charge in [0.05, 0.1) is 0 Å². The average molecular weight is 130 g/mol. The van der Waals surface area contributed by atoms with Gasteiger partial charge in [-0.25, -0.2) is 0 Å². The number of aliphatic imine (C=N–C) groups is 1. The molecule has 0 aromatic carbocycles. The molecular weight excluding hydrogens is 116 g/mol. The molecule has 9 heavy (non-hydrogen) atoms. The van der Waals surface area contributed by atoms with Gasteiger partial charge < -0.3 is 10.5 Å². The van der Waals surface area contributed by atoms with Gasteiger partial charge in [0, 0.05) is 13.7 Å². The van der Waals surface area contributed by atoms with Crippen molar-refractivity contribution in [1.29, 1.82) is 0 Å². The highest BCUT2D eigenvalue weighted by atomic mass is 16.5. The Morgan fingerprint density at radius 2 is 2.33 bits per heavy atom. The number of amidine groups is 1. The molecule has 3 heteroatoms. The predicted molar refractivity (Wildman–Crippen MR) is 38.7 cm³/mol. The summed E-state index contributed by atoms with van der Waals surface area (Å²) in [6, 6.07) is 0. The van der Waals surface area contributed by atoms with E-state index in [1.54, 1.807) is 7.11 Å². The fraction of sp³-hybridized carbons (Fsp3) is 0.833. The van der Waals surface area contributed by atoms with Crippen LogP contribution in [0.3, 0.4) is 0 Å². The summed E-state index contributed by atoms with van der Waals surface area (Å²) in [6.45, 7) is 3.30. The average Bonchev–Trinajstić information content (AvgIpc) is 1.85. The molecule has 0 spiro atoms. The molecule has 0 bridgehead atoms. The van der Waals surface area contributed by atoms with Gasteiger partial charge >= 0.3 is 0 Å². The normalized spacial score (nSPS) is 12.0. The Morgan fingerprint density at radius 1 is 1.67 bits per heavy atom. The van der Waals surface area contributed by atoms with Gasteiger partial charge in [-0.2, -0.15) is 0 Å². The standard InChI is InChI=1S/C6H14N2O/c1-3-4-8-6(7)5-9-2/h3-5H2,1-2H3,(H2,7,8). The zero-order valence-electron chi connectivity index (χ0n) is 6.05. The molecule has 0 heterocycles. The van der Waals surface area contributed by atoms with E-state index in [1.165, 1.54) is 0 Å². The van der Waals surface area contributed by atoms with Crippen LogP contribution in [0.5, 0.6) is 0 Å². The number of methoxy groups -OCH3 is 1. The summed E-state index contributed by atoms with van der Waals surface area (Å²) in [5.74, 6) is 0.583. The van der Waals surface area contributed by atoms with Crippen LogP contribution in [0, 0.1) is 0 Å². The molecule has 0 amide bonds. The summed E-state index contributed by atoms with van der Waals surface area (Å²) in [5, 5.41) is 0. The number of hydrogen-bond acceptors (Lipinski definition) is 2. The first-order valence-electron chi connectivity index (χ1n) is 3.09. The molecule has 0 radical (unpaired) electrons. The van der Waals surface area contributed by atoms with Crippen LogP contribution in [0.1, 0.15) is 13.3 Å². The molecule has 2 N–H and O–H groups in total. The van der Waals surface area contributed by atoms with Crippen molar-refractivity contribution in [2.75, 3.05) is 20.3 Å². The first kappa shape index (κ1) is 8.43. The lowest BCUT2D eigenvalue weighted by Gasteiger charge is -1.95. The summed E-state index contributed by atoms with van der Waals surface area (Å²) in [6.07, 6.45) is 1.03. The lowest BCUT2D eigenvalue weighted by Crippen LogP contribution is -2.18. The van der Waals surface area contributed by atoms with Crippen molar-refractivity contribution < 1.29 is 4.74 Å². The van der Waals surface area contributed by atoms with E-state index in [1.807, 2.05) is 0 Å². The molecule has 0 fully saturated rings. The first-order chi connectivity index (χ1) is 4.31. The van der Waals surface area contributed by atoms with Crippen molar-refractivity contribution in [3.63, 3.8) is 0 Å². The van der Waals surface area contributed by atoms with Crippen molar-refractivity contribution in [2.24, 2.45) is 10.7 Å². The predicted octanol–water partition coefficient (Wildman–Crippen LogP) is 0.400. The molecular formula is C6H14N2O. The summed E-state index contributed by atoms with van der Waals surface area (Å²) in [7, 11) is 1.61. The zero-order valence-corrected chi connectivity index (χ0v) is 6.05. The Bertz CT molecular complexity index is 91.1. The van der Waals surface area contributed by atoms with Gasteiger partial charge in [0.1, 0.15) is 12.4 Å². The molecule has 3 nitrogen and oxygen atoms in total. The highest BCUT2D eigenvalue weighted by molar-refractivity contribution is 5.81. The van der Waals surface area contributed by atoms with Crippen molar-refractivity contribution in [1.82, 2.24) is 0 Å². The minimum Gasteiger partial charge on any atom is -0.386 e. The van der Waals surface area contributed by atoms with E-state index in [0.29, 0.717) is 12.4 Å². The molecule has 0 aromatic rings. The zero-order chi connectivity index (χ0) is 7.11. The summed E-state index contributed by atoms with van der Waals surface area (Å²) in [4.78, 5) is 4.00. The Morgan fingerprint density at radius 3 is 2.78 bits per heavy atom. The maximum atomic E-state index is 5.40. The number of ether oxygens (including phenoxy) is 1. The Kier molecular flexibility index (Phi) is 5.21. The molecule has 0 saturated carbocycles.